The van der Waals surface area contributed by atoms with E-state index in [9.17, 15) is 5.11 Å². The molecule has 0 aliphatic heterocycles. The highest BCUT2D eigenvalue weighted by Gasteiger charge is 2.22. The van der Waals surface area contributed by atoms with Gasteiger partial charge in [0.05, 0.1) is 5.69 Å². The van der Waals surface area contributed by atoms with Gasteiger partial charge in [-0.2, -0.15) is 0 Å². The Hall–Kier alpha value is -3.56. The molecule has 0 spiro atoms. The fourth-order valence-corrected chi connectivity index (χ4v) is 4.82. The van der Waals surface area contributed by atoms with E-state index in [1.54, 1.807) is 7.05 Å². The zero-order chi connectivity index (χ0) is 24.9. The second-order valence-electron chi connectivity index (χ2n) is 9.38. The number of aromatic amines is 1. The molecule has 5 rings (SSSR count). The first-order valence-electron chi connectivity index (χ1n) is 12.6. The lowest BCUT2D eigenvalue weighted by atomic mass is 9.94. The van der Waals surface area contributed by atoms with E-state index in [1.807, 2.05) is 36.7 Å². The van der Waals surface area contributed by atoms with Crippen LogP contribution in [0, 0.1) is 0 Å². The number of nitrogens with one attached hydrogen (secondary N) is 2. The van der Waals surface area contributed by atoms with Gasteiger partial charge >= 0.3 is 0 Å². The Kier molecular flexibility index (Phi) is 7.39. The van der Waals surface area contributed by atoms with E-state index < -0.39 is 6.10 Å². The molecule has 1 atom stereocenters. The maximum atomic E-state index is 10.0. The van der Waals surface area contributed by atoms with Gasteiger partial charge in [0.15, 0.2) is 5.82 Å². The van der Waals surface area contributed by atoms with E-state index in [4.69, 9.17) is 14.7 Å². The van der Waals surface area contributed by atoms with Crippen molar-refractivity contribution in [3.8, 4) is 28.4 Å². The molecule has 0 amide bonds. The smallest absolute Gasteiger partial charge is 0.162 e. The van der Waals surface area contributed by atoms with Crippen LogP contribution in [0.2, 0.25) is 0 Å². The predicted molar refractivity (Wildman–Crippen MR) is 141 cm³/mol. The van der Waals surface area contributed by atoms with E-state index in [2.05, 4.69) is 38.3 Å². The number of aliphatic hydroxyl groups is 1. The number of ether oxygens (including phenoxy) is 1. The van der Waals surface area contributed by atoms with E-state index in [-0.39, 0.29) is 6.61 Å². The Balaban J connectivity index is 1.53. The van der Waals surface area contributed by atoms with Gasteiger partial charge in [0.2, 0.25) is 0 Å². The van der Waals surface area contributed by atoms with Crippen LogP contribution in [-0.4, -0.2) is 69.4 Å². The molecule has 3 heterocycles. The fraction of sp³-hybridized carbons (Fsp3) is 0.407. The third-order valence-corrected chi connectivity index (χ3v) is 6.80. The van der Waals surface area contributed by atoms with E-state index in [0.717, 1.165) is 33.7 Å². The molecule has 188 valence electrons. The summed E-state index contributed by atoms with van der Waals surface area (Å²) in [5, 5.41) is 13.9. The van der Waals surface area contributed by atoms with E-state index in [0.29, 0.717) is 24.2 Å². The molecule has 0 bridgehead atoms. The lowest BCUT2D eigenvalue weighted by molar-refractivity contribution is 0.108. The predicted octanol–water partition coefficient (Wildman–Crippen LogP) is 3.81. The largest absolute Gasteiger partial charge is 0.491 e. The molecule has 1 fully saturated rings. The van der Waals surface area contributed by atoms with Crippen LogP contribution in [0.3, 0.4) is 0 Å². The van der Waals surface area contributed by atoms with Crippen LogP contribution in [0.25, 0.3) is 33.7 Å². The van der Waals surface area contributed by atoms with Crippen LogP contribution in [0.15, 0.2) is 49.1 Å². The lowest BCUT2D eigenvalue weighted by Gasteiger charge is -2.32. The standard InChI is InChI=1S/C27H33N7O2/c1-28-13-20(35)16-36-21-10-6-7-18(11-21)26-32-24(22-15-30-27-23(22)14-29-17-31-27)12-25(33-26)34(2)19-8-4-3-5-9-19/h6-7,10-12,14-15,17,19-20,28,35H,3-5,8-9,13,16H2,1-2H3,(H,29,30,31). The number of aromatic nitrogens is 5. The third-order valence-electron chi connectivity index (χ3n) is 6.80. The minimum atomic E-state index is -0.585. The van der Waals surface area contributed by atoms with Crippen LogP contribution in [0.1, 0.15) is 32.1 Å². The highest BCUT2D eigenvalue weighted by Crippen LogP contribution is 2.33. The Morgan fingerprint density at radius 1 is 1.19 bits per heavy atom. The quantitative estimate of drug-likeness (QED) is 0.327. The monoisotopic (exact) mass is 487 g/mol. The number of likely N-dealkylation sites (N-methyl/N-ethyl adjacent to an activating group) is 1. The SMILES string of the molecule is CNCC(O)COc1cccc(-c2nc(-c3c[nH]c4ncncc34)cc(N(C)C3CCCCC3)n2)c1. The van der Waals surface area contributed by atoms with Crippen LogP contribution in [-0.2, 0) is 0 Å². The van der Waals surface area contributed by atoms with E-state index >= 15 is 0 Å². The molecule has 1 unspecified atom stereocenters. The molecule has 36 heavy (non-hydrogen) atoms. The number of anilines is 1. The van der Waals surface area contributed by atoms with Gasteiger partial charge in [0.25, 0.3) is 0 Å². The van der Waals surface area contributed by atoms with Gasteiger partial charge in [-0.15, -0.1) is 0 Å². The van der Waals surface area contributed by atoms with Gasteiger partial charge < -0.3 is 25.0 Å². The van der Waals surface area contributed by atoms with Crippen molar-refractivity contribution in [1.29, 1.82) is 0 Å². The zero-order valence-corrected chi connectivity index (χ0v) is 20.8. The van der Waals surface area contributed by atoms with Crippen LogP contribution < -0.4 is 15.0 Å². The van der Waals surface area contributed by atoms with Gasteiger partial charge in [-0.1, -0.05) is 31.4 Å². The summed E-state index contributed by atoms with van der Waals surface area (Å²) in [6.45, 7) is 0.673. The maximum Gasteiger partial charge on any atom is 0.162 e. The van der Waals surface area contributed by atoms with Crippen LogP contribution in [0.5, 0.6) is 5.75 Å². The highest BCUT2D eigenvalue weighted by atomic mass is 16.5. The average molecular weight is 488 g/mol. The van der Waals surface area contributed by atoms with E-state index in [1.165, 1.54) is 38.4 Å². The molecule has 1 aromatic carbocycles. The molecule has 1 saturated carbocycles. The topological polar surface area (TPSA) is 112 Å². The first-order valence-corrected chi connectivity index (χ1v) is 12.6. The Bertz CT molecular complexity index is 1300. The number of aliphatic hydroxyl groups excluding tert-OH is 1. The summed E-state index contributed by atoms with van der Waals surface area (Å²) in [5.41, 5.74) is 3.38. The molecular formula is C27H33N7O2. The molecule has 3 aromatic heterocycles. The van der Waals surface area contributed by atoms with Crippen LogP contribution >= 0.6 is 0 Å². The normalized spacial score (nSPS) is 15.2. The van der Waals surface area contributed by atoms with Crippen molar-refractivity contribution < 1.29 is 9.84 Å². The summed E-state index contributed by atoms with van der Waals surface area (Å²) >= 11 is 0. The Morgan fingerprint density at radius 2 is 2.06 bits per heavy atom. The van der Waals surface area contributed by atoms with Gasteiger partial charge in [-0.25, -0.2) is 19.9 Å². The molecule has 1 aliphatic rings. The van der Waals surface area contributed by atoms with Crippen molar-refractivity contribution in [3.05, 3.63) is 49.1 Å². The number of hydrogen-bond acceptors (Lipinski definition) is 8. The van der Waals surface area contributed by atoms with Crippen molar-refractivity contribution in [2.24, 2.45) is 0 Å². The first kappa shape index (κ1) is 24.1. The summed E-state index contributed by atoms with van der Waals surface area (Å²) in [4.78, 5) is 24.0. The second-order valence-corrected chi connectivity index (χ2v) is 9.38. The zero-order valence-electron chi connectivity index (χ0n) is 20.8. The molecule has 0 saturated heterocycles. The number of nitrogens with zero attached hydrogens (tertiary/aromatic N) is 5. The molecule has 4 aromatic rings. The van der Waals surface area contributed by atoms with Crippen LogP contribution in [0.4, 0.5) is 5.82 Å². The number of hydrogen-bond donors (Lipinski definition) is 3. The Labute approximate surface area is 211 Å². The van der Waals surface area contributed by atoms with Gasteiger partial charge in [-0.05, 0) is 32.0 Å². The molecular weight excluding hydrogens is 454 g/mol. The summed E-state index contributed by atoms with van der Waals surface area (Å²) in [7, 11) is 3.93. The van der Waals surface area contributed by atoms with Gasteiger partial charge in [0, 0.05) is 54.6 Å². The third kappa shape index (κ3) is 5.32. The lowest BCUT2D eigenvalue weighted by Crippen LogP contribution is -2.34. The minimum Gasteiger partial charge on any atom is -0.491 e. The average Bonchev–Trinajstić information content (AvgIpc) is 3.36. The van der Waals surface area contributed by atoms with Gasteiger partial charge in [-0.3, -0.25) is 0 Å². The summed E-state index contributed by atoms with van der Waals surface area (Å²) in [6.07, 6.45) is 10.8. The fourth-order valence-electron chi connectivity index (χ4n) is 4.82. The molecule has 3 N–H and O–H groups in total. The van der Waals surface area contributed by atoms with Gasteiger partial charge in [0.1, 0.15) is 36.3 Å². The number of benzene rings is 1. The van der Waals surface area contributed by atoms with Crippen molar-refractivity contribution in [3.63, 3.8) is 0 Å². The number of rotatable bonds is 9. The summed E-state index contributed by atoms with van der Waals surface area (Å²) < 4.78 is 5.84. The number of H-pyrrole nitrogens is 1. The van der Waals surface area contributed by atoms with Crippen molar-refractivity contribution in [2.75, 3.05) is 32.1 Å². The summed E-state index contributed by atoms with van der Waals surface area (Å²) in [6, 6.07) is 10.2. The first-order chi connectivity index (χ1) is 17.6. The molecule has 9 heteroatoms. The van der Waals surface area contributed by atoms with Crippen molar-refractivity contribution in [2.45, 2.75) is 44.2 Å². The summed E-state index contributed by atoms with van der Waals surface area (Å²) in [5.74, 6) is 2.18. The molecule has 1 aliphatic carbocycles. The van der Waals surface area contributed by atoms with Crippen molar-refractivity contribution in [1.82, 2.24) is 30.2 Å². The second kappa shape index (κ2) is 11.0. The highest BCUT2D eigenvalue weighted by molar-refractivity contribution is 5.92. The van der Waals surface area contributed by atoms with Crippen molar-refractivity contribution >= 4 is 16.9 Å². The molecule has 9 nitrogen and oxygen atoms in total. The Morgan fingerprint density at radius 3 is 2.89 bits per heavy atom. The minimum absolute atomic E-state index is 0.205. The molecule has 0 radical (unpaired) electrons. The maximum absolute atomic E-state index is 10.0. The number of fused-ring (bicyclic) bond motifs is 1.